The summed E-state index contributed by atoms with van der Waals surface area (Å²) in [4.78, 5) is 22.6. The summed E-state index contributed by atoms with van der Waals surface area (Å²) in [6, 6.07) is 16.1. The number of aryl methyl sites for hydroxylation is 2. The van der Waals surface area contributed by atoms with Gasteiger partial charge in [0, 0.05) is 27.9 Å². The molecule has 0 bridgehead atoms. The average molecular weight is 382 g/mol. The summed E-state index contributed by atoms with van der Waals surface area (Å²) in [5.74, 6) is 0.209. The molecule has 1 aromatic heterocycles. The van der Waals surface area contributed by atoms with E-state index in [9.17, 15) is 4.79 Å². The Kier molecular flexibility index (Phi) is 6.30. The van der Waals surface area contributed by atoms with Gasteiger partial charge in [-0.15, -0.1) is 0 Å². The number of carbonyl (C=O) groups is 1. The number of nitrogens with one attached hydrogen (secondary N) is 1. The first-order valence-electron chi connectivity index (χ1n) is 8.15. The van der Waals surface area contributed by atoms with Gasteiger partial charge in [0.25, 0.3) is 0 Å². The second-order valence-corrected chi connectivity index (χ2v) is 7.83. The van der Waals surface area contributed by atoms with E-state index in [4.69, 9.17) is 0 Å². The van der Waals surface area contributed by atoms with Gasteiger partial charge < -0.3 is 5.32 Å². The number of hydrogen-bond donors (Lipinski definition) is 1. The number of hydrogen-bond acceptors (Lipinski definition) is 5. The van der Waals surface area contributed by atoms with E-state index in [0.29, 0.717) is 5.16 Å². The second-order valence-electron chi connectivity index (χ2n) is 5.74. The van der Waals surface area contributed by atoms with Crippen LogP contribution in [-0.4, -0.2) is 21.6 Å². The van der Waals surface area contributed by atoms with E-state index in [1.807, 2.05) is 24.3 Å². The molecule has 1 heterocycles. The highest BCUT2D eigenvalue weighted by Crippen LogP contribution is 2.29. The van der Waals surface area contributed by atoms with E-state index >= 15 is 0 Å². The van der Waals surface area contributed by atoms with Gasteiger partial charge in [-0.3, -0.25) is 4.79 Å². The minimum atomic E-state index is -0.0722. The number of nitrogens with zero attached hydrogens (tertiary/aromatic N) is 2. The largest absolute Gasteiger partial charge is 0.325 e. The van der Waals surface area contributed by atoms with Crippen LogP contribution in [-0.2, 0) is 4.79 Å². The maximum atomic E-state index is 12.0. The van der Waals surface area contributed by atoms with E-state index in [1.54, 1.807) is 30.2 Å². The number of thioether (sulfide) groups is 1. The molecule has 0 unspecified atom stereocenters. The van der Waals surface area contributed by atoms with Crippen LogP contribution in [0.25, 0.3) is 0 Å². The SMILES string of the molecule is Cc1ccc(Sc2ccc(NC(=O)CSc3ncccn3)cc2)cc1C. The van der Waals surface area contributed by atoms with Crippen molar-refractivity contribution in [2.75, 3.05) is 11.1 Å². The fraction of sp³-hybridized carbons (Fsp3) is 0.150. The molecule has 0 saturated carbocycles. The lowest BCUT2D eigenvalue weighted by Crippen LogP contribution is -2.14. The summed E-state index contributed by atoms with van der Waals surface area (Å²) in [6.45, 7) is 4.24. The first-order chi connectivity index (χ1) is 12.6. The van der Waals surface area contributed by atoms with Crippen molar-refractivity contribution in [1.82, 2.24) is 9.97 Å². The van der Waals surface area contributed by atoms with Crippen molar-refractivity contribution in [3.8, 4) is 0 Å². The molecule has 0 fully saturated rings. The highest BCUT2D eigenvalue weighted by atomic mass is 32.2. The molecule has 3 aromatic rings. The number of amides is 1. The number of anilines is 1. The van der Waals surface area contributed by atoms with E-state index in [1.165, 1.54) is 27.8 Å². The molecule has 3 rings (SSSR count). The first kappa shape index (κ1) is 18.5. The van der Waals surface area contributed by atoms with E-state index in [0.717, 1.165) is 10.6 Å². The van der Waals surface area contributed by atoms with Gasteiger partial charge in [0.1, 0.15) is 0 Å². The molecule has 0 aliphatic rings. The molecule has 0 spiro atoms. The summed E-state index contributed by atoms with van der Waals surface area (Å²) in [5.41, 5.74) is 3.37. The van der Waals surface area contributed by atoms with Gasteiger partial charge in [-0.05, 0) is 67.4 Å². The summed E-state index contributed by atoms with van der Waals surface area (Å²) in [6.07, 6.45) is 3.33. The van der Waals surface area contributed by atoms with Crippen LogP contribution in [0.1, 0.15) is 11.1 Å². The Morgan fingerprint density at radius 1 is 0.962 bits per heavy atom. The van der Waals surface area contributed by atoms with Crippen molar-refractivity contribution < 1.29 is 4.79 Å². The second kappa shape index (κ2) is 8.87. The van der Waals surface area contributed by atoms with Gasteiger partial charge in [0.15, 0.2) is 5.16 Å². The third kappa shape index (κ3) is 5.34. The monoisotopic (exact) mass is 381 g/mol. The first-order valence-corrected chi connectivity index (χ1v) is 9.95. The van der Waals surface area contributed by atoms with Crippen molar-refractivity contribution >= 4 is 35.1 Å². The van der Waals surface area contributed by atoms with Crippen molar-refractivity contribution in [2.45, 2.75) is 28.8 Å². The predicted octanol–water partition coefficient (Wildman–Crippen LogP) is 4.98. The highest BCUT2D eigenvalue weighted by Gasteiger charge is 2.06. The van der Waals surface area contributed by atoms with Gasteiger partial charge in [-0.2, -0.15) is 0 Å². The third-order valence-corrected chi connectivity index (χ3v) is 5.60. The standard InChI is InChI=1S/C20H19N3OS2/c1-14-4-7-18(12-15(14)2)26-17-8-5-16(6-9-17)23-19(24)13-25-20-21-10-3-11-22-20/h3-12H,13H2,1-2H3,(H,23,24). The van der Waals surface area contributed by atoms with Gasteiger partial charge in [-0.25, -0.2) is 9.97 Å². The molecular formula is C20H19N3OS2. The molecule has 1 N–H and O–H groups in total. The molecule has 26 heavy (non-hydrogen) atoms. The maximum absolute atomic E-state index is 12.0. The minimum absolute atomic E-state index is 0.0722. The summed E-state index contributed by atoms with van der Waals surface area (Å²) in [7, 11) is 0. The minimum Gasteiger partial charge on any atom is -0.325 e. The van der Waals surface area contributed by atoms with Crippen LogP contribution in [0.2, 0.25) is 0 Å². The van der Waals surface area contributed by atoms with Crippen LogP contribution in [0.15, 0.2) is 75.9 Å². The number of aromatic nitrogens is 2. The van der Waals surface area contributed by atoms with Crippen LogP contribution in [0.4, 0.5) is 5.69 Å². The lowest BCUT2D eigenvalue weighted by molar-refractivity contribution is -0.113. The van der Waals surface area contributed by atoms with Crippen LogP contribution >= 0.6 is 23.5 Å². The molecule has 6 heteroatoms. The quantitative estimate of drug-likeness (QED) is 0.482. The Morgan fingerprint density at radius 2 is 1.65 bits per heavy atom. The molecule has 2 aromatic carbocycles. The van der Waals surface area contributed by atoms with Crippen molar-refractivity contribution in [2.24, 2.45) is 0 Å². The van der Waals surface area contributed by atoms with E-state index in [-0.39, 0.29) is 11.7 Å². The molecule has 0 aliphatic heterocycles. The molecule has 0 atom stereocenters. The summed E-state index contributed by atoms with van der Waals surface area (Å²) in [5, 5.41) is 3.50. The molecule has 1 amide bonds. The van der Waals surface area contributed by atoms with Crippen LogP contribution in [0.5, 0.6) is 0 Å². The molecule has 0 saturated heterocycles. The van der Waals surface area contributed by atoms with Crippen molar-refractivity contribution in [1.29, 1.82) is 0 Å². The zero-order valence-corrected chi connectivity index (χ0v) is 16.2. The number of carbonyl (C=O) groups excluding carboxylic acids is 1. The Balaban J connectivity index is 1.53. The average Bonchev–Trinajstić information content (AvgIpc) is 2.65. The summed E-state index contributed by atoms with van der Waals surface area (Å²) < 4.78 is 0. The van der Waals surface area contributed by atoms with Crippen molar-refractivity contribution in [3.05, 3.63) is 72.1 Å². The fourth-order valence-electron chi connectivity index (χ4n) is 2.21. The molecule has 132 valence electrons. The topological polar surface area (TPSA) is 54.9 Å². The molecular weight excluding hydrogens is 362 g/mol. The van der Waals surface area contributed by atoms with Crippen molar-refractivity contribution in [3.63, 3.8) is 0 Å². The highest BCUT2D eigenvalue weighted by molar-refractivity contribution is 7.99. The third-order valence-electron chi connectivity index (χ3n) is 3.73. The fourth-order valence-corrected chi connectivity index (χ4v) is 3.73. The van der Waals surface area contributed by atoms with E-state index in [2.05, 4.69) is 47.3 Å². The number of benzene rings is 2. The Morgan fingerprint density at radius 3 is 2.35 bits per heavy atom. The molecule has 4 nitrogen and oxygen atoms in total. The summed E-state index contributed by atoms with van der Waals surface area (Å²) >= 11 is 3.03. The van der Waals surface area contributed by atoms with Crippen LogP contribution < -0.4 is 5.32 Å². The zero-order valence-electron chi connectivity index (χ0n) is 14.6. The Hall–Kier alpha value is -2.31. The molecule has 0 aliphatic carbocycles. The van der Waals surface area contributed by atoms with E-state index < -0.39 is 0 Å². The normalized spacial score (nSPS) is 10.5. The Bertz CT molecular complexity index is 883. The lowest BCUT2D eigenvalue weighted by atomic mass is 10.1. The Labute approximate surface area is 161 Å². The predicted molar refractivity (Wildman–Crippen MR) is 108 cm³/mol. The lowest BCUT2D eigenvalue weighted by Gasteiger charge is -2.07. The smallest absolute Gasteiger partial charge is 0.234 e. The number of rotatable bonds is 6. The van der Waals surface area contributed by atoms with Gasteiger partial charge >= 0.3 is 0 Å². The van der Waals surface area contributed by atoms with Gasteiger partial charge in [-0.1, -0.05) is 29.6 Å². The van der Waals surface area contributed by atoms with Gasteiger partial charge in [0.05, 0.1) is 5.75 Å². The van der Waals surface area contributed by atoms with Crippen LogP contribution in [0, 0.1) is 13.8 Å². The maximum Gasteiger partial charge on any atom is 0.234 e. The van der Waals surface area contributed by atoms with Gasteiger partial charge in [0.2, 0.25) is 5.91 Å². The van der Waals surface area contributed by atoms with Crippen LogP contribution in [0.3, 0.4) is 0 Å². The molecule has 0 radical (unpaired) electrons. The zero-order chi connectivity index (χ0) is 18.4.